The van der Waals surface area contributed by atoms with Gasteiger partial charge in [0.1, 0.15) is 0 Å². The Kier molecular flexibility index (Phi) is 2.91. The number of rotatable bonds is 1. The molecular formula is C10H19N3O. The molecule has 0 aromatic carbocycles. The van der Waals surface area contributed by atoms with Gasteiger partial charge in [0.25, 0.3) is 0 Å². The molecule has 1 saturated carbocycles. The van der Waals surface area contributed by atoms with E-state index in [0.717, 1.165) is 38.9 Å². The Morgan fingerprint density at radius 2 is 2.14 bits per heavy atom. The van der Waals surface area contributed by atoms with Crippen LogP contribution in [0.15, 0.2) is 0 Å². The predicted octanol–water partition coefficient (Wildman–Crippen LogP) is 0.542. The molecule has 2 amide bonds. The van der Waals surface area contributed by atoms with Crippen LogP contribution >= 0.6 is 0 Å². The lowest BCUT2D eigenvalue weighted by Crippen LogP contribution is -2.42. The van der Waals surface area contributed by atoms with Crippen molar-refractivity contribution in [3.63, 3.8) is 0 Å². The number of hydrogen-bond donors (Lipinski definition) is 2. The van der Waals surface area contributed by atoms with Crippen LogP contribution in [-0.2, 0) is 0 Å². The van der Waals surface area contributed by atoms with Crippen LogP contribution in [0.25, 0.3) is 0 Å². The minimum atomic E-state index is 0.128. The molecule has 2 aliphatic rings. The average Bonchev–Trinajstić information content (AvgIpc) is 2.93. The molecular weight excluding hydrogens is 178 g/mol. The second-order valence-corrected chi connectivity index (χ2v) is 4.35. The van der Waals surface area contributed by atoms with Crippen LogP contribution in [0, 0.1) is 0 Å². The summed E-state index contributed by atoms with van der Waals surface area (Å²) < 4.78 is 0. The third-order valence-corrected chi connectivity index (χ3v) is 2.90. The monoisotopic (exact) mass is 197 g/mol. The highest BCUT2D eigenvalue weighted by Gasteiger charge is 2.26. The van der Waals surface area contributed by atoms with Crippen molar-refractivity contribution in [3.05, 3.63) is 0 Å². The number of urea groups is 1. The molecule has 0 bridgehead atoms. The van der Waals surface area contributed by atoms with Gasteiger partial charge in [-0.15, -0.1) is 0 Å². The summed E-state index contributed by atoms with van der Waals surface area (Å²) in [6.45, 7) is 4.80. The number of nitrogens with one attached hydrogen (secondary N) is 2. The number of carbonyl (C=O) groups is 1. The zero-order valence-corrected chi connectivity index (χ0v) is 8.75. The zero-order valence-electron chi connectivity index (χ0n) is 8.75. The standard InChI is InChI=1S/C10H19N3O/c1-8-4-6-13(7-5-11-8)10(14)12-9-2-3-9/h8-9,11H,2-7H2,1H3,(H,12,14). The minimum absolute atomic E-state index is 0.128. The highest BCUT2D eigenvalue weighted by atomic mass is 16.2. The summed E-state index contributed by atoms with van der Waals surface area (Å²) >= 11 is 0. The molecule has 0 aromatic heterocycles. The fourth-order valence-electron chi connectivity index (χ4n) is 1.71. The molecule has 1 unspecified atom stereocenters. The predicted molar refractivity (Wildman–Crippen MR) is 55.2 cm³/mol. The van der Waals surface area contributed by atoms with E-state index >= 15 is 0 Å². The lowest BCUT2D eigenvalue weighted by atomic mass is 10.2. The number of nitrogens with zero attached hydrogens (tertiary/aromatic N) is 1. The molecule has 0 aromatic rings. The molecule has 0 radical (unpaired) electrons. The van der Waals surface area contributed by atoms with Crippen molar-refractivity contribution in [2.24, 2.45) is 0 Å². The maximum absolute atomic E-state index is 11.7. The van der Waals surface area contributed by atoms with Crippen molar-refractivity contribution in [3.8, 4) is 0 Å². The third-order valence-electron chi connectivity index (χ3n) is 2.90. The van der Waals surface area contributed by atoms with E-state index in [9.17, 15) is 4.79 Å². The fourth-order valence-corrected chi connectivity index (χ4v) is 1.71. The molecule has 2 fully saturated rings. The van der Waals surface area contributed by atoms with Crippen LogP contribution < -0.4 is 10.6 Å². The normalized spacial score (nSPS) is 28.4. The maximum Gasteiger partial charge on any atom is 0.317 e. The Bertz CT molecular complexity index is 215. The van der Waals surface area contributed by atoms with Crippen LogP contribution in [0.4, 0.5) is 4.79 Å². The van der Waals surface area contributed by atoms with E-state index < -0.39 is 0 Å². The van der Waals surface area contributed by atoms with E-state index in [0.29, 0.717) is 12.1 Å². The summed E-state index contributed by atoms with van der Waals surface area (Å²) in [5.74, 6) is 0. The highest BCUT2D eigenvalue weighted by Crippen LogP contribution is 2.19. The first-order valence-electron chi connectivity index (χ1n) is 5.54. The molecule has 1 saturated heterocycles. The molecule has 1 heterocycles. The number of carbonyl (C=O) groups excluding carboxylic acids is 1. The molecule has 4 nitrogen and oxygen atoms in total. The van der Waals surface area contributed by atoms with Gasteiger partial charge in [-0.25, -0.2) is 4.79 Å². The van der Waals surface area contributed by atoms with Gasteiger partial charge in [0, 0.05) is 31.7 Å². The molecule has 1 aliphatic carbocycles. The van der Waals surface area contributed by atoms with E-state index in [2.05, 4.69) is 17.6 Å². The van der Waals surface area contributed by atoms with Gasteiger partial charge < -0.3 is 15.5 Å². The molecule has 1 aliphatic heterocycles. The first-order valence-corrected chi connectivity index (χ1v) is 5.54. The maximum atomic E-state index is 11.7. The van der Waals surface area contributed by atoms with E-state index in [1.54, 1.807) is 0 Å². The smallest absolute Gasteiger partial charge is 0.317 e. The quantitative estimate of drug-likeness (QED) is 0.644. The average molecular weight is 197 g/mol. The minimum Gasteiger partial charge on any atom is -0.335 e. The molecule has 2 rings (SSSR count). The van der Waals surface area contributed by atoms with Crippen LogP contribution in [0.1, 0.15) is 26.2 Å². The van der Waals surface area contributed by atoms with Crippen LogP contribution in [0.5, 0.6) is 0 Å². The van der Waals surface area contributed by atoms with Crippen molar-refractivity contribution in [2.45, 2.75) is 38.3 Å². The Hall–Kier alpha value is -0.770. The number of amides is 2. The van der Waals surface area contributed by atoms with E-state index in [4.69, 9.17) is 0 Å². The zero-order chi connectivity index (χ0) is 9.97. The molecule has 14 heavy (non-hydrogen) atoms. The van der Waals surface area contributed by atoms with Crippen molar-refractivity contribution in [2.75, 3.05) is 19.6 Å². The summed E-state index contributed by atoms with van der Waals surface area (Å²) in [7, 11) is 0. The van der Waals surface area contributed by atoms with Crippen molar-refractivity contribution < 1.29 is 4.79 Å². The van der Waals surface area contributed by atoms with Crippen molar-refractivity contribution >= 4 is 6.03 Å². The lowest BCUT2D eigenvalue weighted by Gasteiger charge is -2.20. The SMILES string of the molecule is CC1CCN(C(=O)NC2CC2)CCN1. The molecule has 80 valence electrons. The van der Waals surface area contributed by atoms with Crippen LogP contribution in [0.3, 0.4) is 0 Å². The summed E-state index contributed by atoms with van der Waals surface area (Å²) in [5, 5.41) is 6.40. The van der Waals surface area contributed by atoms with Gasteiger partial charge in [-0.05, 0) is 26.2 Å². The van der Waals surface area contributed by atoms with Gasteiger partial charge in [0.2, 0.25) is 0 Å². The molecule has 0 spiro atoms. The molecule has 2 N–H and O–H groups in total. The lowest BCUT2D eigenvalue weighted by molar-refractivity contribution is 0.200. The molecule has 4 heteroatoms. The Labute approximate surface area is 85.0 Å². The van der Waals surface area contributed by atoms with Crippen molar-refractivity contribution in [1.82, 2.24) is 15.5 Å². The van der Waals surface area contributed by atoms with Gasteiger partial charge in [-0.3, -0.25) is 0 Å². The van der Waals surface area contributed by atoms with Gasteiger partial charge in [-0.1, -0.05) is 0 Å². The van der Waals surface area contributed by atoms with Gasteiger partial charge >= 0.3 is 6.03 Å². The first kappa shape index (κ1) is 9.77. The first-order chi connectivity index (χ1) is 6.75. The largest absolute Gasteiger partial charge is 0.335 e. The summed E-state index contributed by atoms with van der Waals surface area (Å²) in [5.41, 5.74) is 0. The summed E-state index contributed by atoms with van der Waals surface area (Å²) in [6.07, 6.45) is 3.38. The highest BCUT2D eigenvalue weighted by molar-refractivity contribution is 5.74. The topological polar surface area (TPSA) is 44.4 Å². The van der Waals surface area contributed by atoms with Gasteiger partial charge in [-0.2, -0.15) is 0 Å². The summed E-state index contributed by atoms with van der Waals surface area (Å²) in [6, 6.07) is 1.13. The Balaban J connectivity index is 1.79. The molecule has 1 atom stereocenters. The Morgan fingerprint density at radius 3 is 2.86 bits per heavy atom. The van der Waals surface area contributed by atoms with Gasteiger partial charge in [0.05, 0.1) is 0 Å². The van der Waals surface area contributed by atoms with E-state index in [1.807, 2.05) is 4.90 Å². The number of hydrogen-bond acceptors (Lipinski definition) is 2. The van der Waals surface area contributed by atoms with Gasteiger partial charge in [0.15, 0.2) is 0 Å². The summed E-state index contributed by atoms with van der Waals surface area (Å²) in [4.78, 5) is 13.6. The van der Waals surface area contributed by atoms with E-state index in [1.165, 1.54) is 0 Å². The van der Waals surface area contributed by atoms with E-state index in [-0.39, 0.29) is 6.03 Å². The second kappa shape index (κ2) is 4.17. The third kappa shape index (κ3) is 2.61. The Morgan fingerprint density at radius 1 is 1.36 bits per heavy atom. The second-order valence-electron chi connectivity index (χ2n) is 4.35. The van der Waals surface area contributed by atoms with Crippen LogP contribution in [0.2, 0.25) is 0 Å². The van der Waals surface area contributed by atoms with Crippen molar-refractivity contribution in [1.29, 1.82) is 0 Å². The fraction of sp³-hybridized carbons (Fsp3) is 0.900. The van der Waals surface area contributed by atoms with Crippen LogP contribution in [-0.4, -0.2) is 42.6 Å².